The van der Waals surface area contributed by atoms with Crippen LogP contribution in [0.25, 0.3) is 0 Å². The molecule has 2 aliphatic rings. The molecule has 1 amide bonds. The minimum atomic E-state index is -0.392. The van der Waals surface area contributed by atoms with E-state index >= 15 is 0 Å². The maximum absolute atomic E-state index is 12.8. The van der Waals surface area contributed by atoms with Crippen LogP contribution in [0, 0.1) is 0 Å². The van der Waals surface area contributed by atoms with Gasteiger partial charge < -0.3 is 19.2 Å². The average Bonchev–Trinajstić information content (AvgIpc) is 3.57. The zero-order valence-corrected chi connectivity index (χ0v) is 24.8. The second kappa shape index (κ2) is 12.0. The molecule has 1 aromatic carbocycles. The topological polar surface area (TPSA) is 86.1 Å². The third-order valence-corrected chi connectivity index (χ3v) is 8.66. The minimum absolute atomic E-state index is 0.0756. The van der Waals surface area contributed by atoms with Crippen LogP contribution >= 0.6 is 62.1 Å². The first-order chi connectivity index (χ1) is 18.3. The Kier molecular flexibility index (Phi) is 8.64. The highest BCUT2D eigenvalue weighted by Gasteiger charge is 2.31. The van der Waals surface area contributed by atoms with E-state index in [1.807, 2.05) is 10.3 Å². The molecular formula is C25H22BrCl3N4O4S. The highest BCUT2D eigenvalue weighted by molar-refractivity contribution is 9.10. The predicted octanol–water partition coefficient (Wildman–Crippen LogP) is 6.92. The maximum Gasteiger partial charge on any atom is 0.260 e. The third-order valence-electron chi connectivity index (χ3n) is 6.38. The lowest BCUT2D eigenvalue weighted by Gasteiger charge is -2.31. The van der Waals surface area contributed by atoms with Crippen molar-refractivity contribution in [3.63, 3.8) is 0 Å². The summed E-state index contributed by atoms with van der Waals surface area (Å²) in [6.45, 7) is 1.19. The van der Waals surface area contributed by atoms with Crippen molar-refractivity contribution in [3.05, 3.63) is 65.6 Å². The molecule has 0 spiro atoms. The number of carbonyl (C=O) groups excluding carboxylic acids is 1. The Morgan fingerprint density at radius 2 is 1.95 bits per heavy atom. The molecule has 0 bridgehead atoms. The van der Waals surface area contributed by atoms with Crippen LogP contribution in [-0.4, -0.2) is 53.3 Å². The quantitative estimate of drug-likeness (QED) is 0.274. The molecule has 0 saturated carbocycles. The molecule has 1 unspecified atom stereocenters. The van der Waals surface area contributed by atoms with Crippen LogP contribution in [0.3, 0.4) is 0 Å². The fraction of sp³-hybridized carbons (Fsp3) is 0.360. The van der Waals surface area contributed by atoms with E-state index in [0.717, 1.165) is 33.7 Å². The SMILES string of the molecule is COc1ncc(Br)cc1OCC(=O)N1CCC(c2nc(C3=NOC(c4c(Cl)cc(Cl)cc4Cl)C3)cs2)CC1. The van der Waals surface area contributed by atoms with Gasteiger partial charge in [0.05, 0.1) is 27.9 Å². The normalized spacial score (nSPS) is 17.8. The fourth-order valence-electron chi connectivity index (χ4n) is 4.42. The van der Waals surface area contributed by atoms with Gasteiger partial charge in [-0.1, -0.05) is 40.0 Å². The maximum atomic E-state index is 12.8. The lowest BCUT2D eigenvalue weighted by molar-refractivity contribution is -0.134. The second-order valence-electron chi connectivity index (χ2n) is 8.79. The van der Waals surface area contributed by atoms with Crippen molar-refractivity contribution in [1.82, 2.24) is 14.9 Å². The van der Waals surface area contributed by atoms with E-state index < -0.39 is 6.10 Å². The Morgan fingerprint density at radius 3 is 2.66 bits per heavy atom. The monoisotopic (exact) mass is 658 g/mol. The summed E-state index contributed by atoms with van der Waals surface area (Å²) < 4.78 is 11.6. The summed E-state index contributed by atoms with van der Waals surface area (Å²) in [5, 5.41) is 8.64. The number of carbonyl (C=O) groups is 1. The Morgan fingerprint density at radius 1 is 1.21 bits per heavy atom. The molecule has 0 N–H and O–H groups in total. The van der Waals surface area contributed by atoms with Crippen molar-refractivity contribution in [2.24, 2.45) is 5.16 Å². The zero-order valence-electron chi connectivity index (χ0n) is 20.1. The van der Waals surface area contributed by atoms with Crippen LogP contribution in [-0.2, 0) is 9.63 Å². The van der Waals surface area contributed by atoms with Crippen molar-refractivity contribution in [1.29, 1.82) is 0 Å². The Balaban J connectivity index is 1.14. The molecule has 2 aliphatic heterocycles. The summed E-state index contributed by atoms with van der Waals surface area (Å²) in [6.07, 6.45) is 3.37. The molecule has 38 heavy (non-hydrogen) atoms. The highest BCUT2D eigenvalue weighted by Crippen LogP contribution is 2.40. The first-order valence-corrected chi connectivity index (χ1v) is 14.6. The van der Waals surface area contributed by atoms with E-state index in [1.54, 1.807) is 35.7 Å². The van der Waals surface area contributed by atoms with Crippen molar-refractivity contribution < 1.29 is 19.1 Å². The first kappa shape index (κ1) is 27.5. The van der Waals surface area contributed by atoms with E-state index in [1.165, 1.54) is 7.11 Å². The van der Waals surface area contributed by atoms with E-state index in [9.17, 15) is 4.79 Å². The first-order valence-electron chi connectivity index (χ1n) is 11.8. The minimum Gasteiger partial charge on any atom is -0.478 e. The van der Waals surface area contributed by atoms with E-state index in [-0.39, 0.29) is 18.4 Å². The van der Waals surface area contributed by atoms with Gasteiger partial charge in [-0.3, -0.25) is 4.79 Å². The average molecular weight is 661 g/mol. The van der Waals surface area contributed by atoms with Gasteiger partial charge >= 0.3 is 0 Å². The molecule has 4 heterocycles. The largest absolute Gasteiger partial charge is 0.478 e. The lowest BCUT2D eigenvalue weighted by Crippen LogP contribution is -2.40. The van der Waals surface area contributed by atoms with Gasteiger partial charge in [0.2, 0.25) is 0 Å². The number of ether oxygens (including phenoxy) is 2. The van der Waals surface area contributed by atoms with Crippen molar-refractivity contribution >= 4 is 73.7 Å². The van der Waals surface area contributed by atoms with Gasteiger partial charge in [0.15, 0.2) is 18.5 Å². The number of nitrogens with zero attached hydrogens (tertiary/aromatic N) is 4. The van der Waals surface area contributed by atoms with Crippen LogP contribution in [0.2, 0.25) is 15.1 Å². The summed E-state index contributed by atoms with van der Waals surface area (Å²) in [4.78, 5) is 29.2. The standard InChI is InChI=1S/C25H22BrCl3N4O4S/c1-35-24-21(6-14(26)10-30-24)36-11-22(34)33-4-2-13(3-5-33)25-31-19(12-38-25)18-9-20(37-32-18)23-16(28)7-15(27)8-17(23)29/h6-8,10,12-13,20H,2-5,9,11H2,1H3. The molecule has 2 aromatic heterocycles. The van der Waals surface area contributed by atoms with Crippen LogP contribution in [0.15, 0.2) is 39.4 Å². The molecular weight excluding hydrogens is 639 g/mol. The Bertz CT molecular complexity index is 1360. The number of amides is 1. The molecule has 13 heteroatoms. The number of hydrogen-bond donors (Lipinski definition) is 0. The lowest BCUT2D eigenvalue weighted by atomic mass is 9.97. The van der Waals surface area contributed by atoms with E-state index in [2.05, 4.69) is 26.1 Å². The second-order valence-corrected chi connectivity index (χ2v) is 11.9. The number of rotatable bonds is 7. The predicted molar refractivity (Wildman–Crippen MR) is 151 cm³/mol. The number of aromatic nitrogens is 2. The number of methoxy groups -OCH3 is 1. The highest BCUT2D eigenvalue weighted by atomic mass is 79.9. The smallest absolute Gasteiger partial charge is 0.260 e. The van der Waals surface area contributed by atoms with Crippen LogP contribution in [0.1, 0.15) is 47.5 Å². The summed E-state index contributed by atoms with van der Waals surface area (Å²) >= 11 is 23.7. The number of halogens is 4. The number of piperidine rings is 1. The summed E-state index contributed by atoms with van der Waals surface area (Å²) in [7, 11) is 1.51. The van der Waals surface area contributed by atoms with Gasteiger partial charge in [-0.2, -0.15) is 0 Å². The summed E-state index contributed by atoms with van der Waals surface area (Å²) in [5.41, 5.74) is 2.21. The molecule has 200 valence electrons. The van der Waals surface area contributed by atoms with Crippen molar-refractivity contribution in [3.8, 4) is 11.6 Å². The third kappa shape index (κ3) is 6.04. The molecule has 1 saturated heterocycles. The zero-order chi connectivity index (χ0) is 26.8. The molecule has 5 rings (SSSR count). The number of pyridine rings is 1. The van der Waals surface area contributed by atoms with Gasteiger partial charge in [0.25, 0.3) is 11.8 Å². The van der Waals surface area contributed by atoms with E-state index in [0.29, 0.717) is 51.8 Å². The summed E-state index contributed by atoms with van der Waals surface area (Å²) in [5.74, 6) is 0.949. The van der Waals surface area contributed by atoms with Gasteiger partial charge in [-0.25, -0.2) is 9.97 Å². The molecule has 3 aromatic rings. The summed E-state index contributed by atoms with van der Waals surface area (Å²) in [6, 6.07) is 5.02. The van der Waals surface area contributed by atoms with Crippen molar-refractivity contribution in [2.45, 2.75) is 31.3 Å². The van der Waals surface area contributed by atoms with Crippen LogP contribution in [0.4, 0.5) is 0 Å². The number of oxime groups is 1. The van der Waals surface area contributed by atoms with E-state index in [4.69, 9.17) is 54.1 Å². The number of thiazole rings is 1. The van der Waals surface area contributed by atoms with Crippen LogP contribution < -0.4 is 9.47 Å². The van der Waals surface area contributed by atoms with Crippen LogP contribution in [0.5, 0.6) is 11.6 Å². The fourth-order valence-corrected chi connectivity index (χ4v) is 6.79. The molecule has 1 fully saturated rings. The number of benzene rings is 1. The van der Waals surface area contributed by atoms with Gasteiger partial charge in [0.1, 0.15) is 5.71 Å². The molecule has 1 atom stereocenters. The van der Waals surface area contributed by atoms with Gasteiger partial charge in [-0.05, 0) is 40.9 Å². The van der Waals surface area contributed by atoms with Gasteiger partial charge in [-0.15, -0.1) is 11.3 Å². The Labute approximate surface area is 247 Å². The number of likely N-dealkylation sites (tertiary alicyclic amines) is 1. The Hall–Kier alpha value is -2.11. The molecule has 0 aliphatic carbocycles. The van der Waals surface area contributed by atoms with Crippen molar-refractivity contribution in [2.75, 3.05) is 26.8 Å². The molecule has 8 nitrogen and oxygen atoms in total. The number of hydrogen-bond acceptors (Lipinski definition) is 8. The molecule has 0 radical (unpaired) electrons. The van der Waals surface area contributed by atoms with Gasteiger partial charge in [0, 0.05) is 58.1 Å².